The van der Waals surface area contributed by atoms with Crippen LogP contribution in [-0.4, -0.2) is 13.8 Å². The number of halogens is 2. The van der Waals surface area contributed by atoms with Gasteiger partial charge in [0.25, 0.3) is 0 Å². The van der Waals surface area contributed by atoms with Crippen molar-refractivity contribution in [2.24, 2.45) is 0 Å². The van der Waals surface area contributed by atoms with Crippen LogP contribution in [-0.2, 0) is 4.79 Å². The molecule has 0 aliphatic rings. The summed E-state index contributed by atoms with van der Waals surface area (Å²) in [5, 5.41) is 0.532. The van der Waals surface area contributed by atoms with E-state index in [-0.39, 0.29) is 15.8 Å². The molecule has 0 amide bonds. The monoisotopic (exact) mass is 304 g/mol. The Morgan fingerprint density at radius 3 is 2.35 bits per heavy atom. The van der Waals surface area contributed by atoms with Crippen LogP contribution in [0.4, 0.5) is 0 Å². The third-order valence-electron chi connectivity index (χ3n) is 2.78. The van der Waals surface area contributed by atoms with Gasteiger partial charge >= 0.3 is 5.97 Å². The van der Waals surface area contributed by atoms with E-state index in [1.807, 2.05) is 25.1 Å². The molecule has 0 heterocycles. The number of benzene rings is 2. The van der Waals surface area contributed by atoms with Crippen LogP contribution >= 0.6 is 23.2 Å². The quantitative estimate of drug-likeness (QED) is 0.484. The van der Waals surface area contributed by atoms with E-state index in [4.69, 9.17) is 35.8 Å². The molecule has 0 aromatic heterocycles. The molecule has 0 spiro atoms. The average Bonchev–Trinajstić information content (AvgIpc) is 2.42. The standard InChI is InChI=1S/C15H11BCl2O2/c1-9-4-2-5-10(8-9)13(16)15(19)20-14-11(17)6-3-7-12(14)18/h2-8,13H,1H3/t13-/m1/s1. The maximum Gasteiger partial charge on any atom is 0.309 e. The molecule has 0 bridgehead atoms. The lowest BCUT2D eigenvalue weighted by atomic mass is 9.81. The van der Waals surface area contributed by atoms with Crippen molar-refractivity contribution in [1.29, 1.82) is 0 Å². The first kappa shape index (κ1) is 15.0. The van der Waals surface area contributed by atoms with Gasteiger partial charge in [0.15, 0.2) is 5.75 Å². The third-order valence-corrected chi connectivity index (χ3v) is 3.37. The first-order valence-electron chi connectivity index (χ1n) is 5.97. The summed E-state index contributed by atoms with van der Waals surface area (Å²) in [5.41, 5.74) is 1.69. The Bertz CT molecular complexity index is 623. The Balaban J connectivity index is 2.20. The second-order valence-electron chi connectivity index (χ2n) is 4.36. The number of hydrogen-bond acceptors (Lipinski definition) is 2. The molecule has 5 heteroatoms. The SMILES string of the molecule is [B][C@@H](C(=O)Oc1c(Cl)cccc1Cl)c1cccc(C)c1. The largest absolute Gasteiger partial charge is 0.423 e. The topological polar surface area (TPSA) is 26.3 Å². The van der Waals surface area contributed by atoms with Gasteiger partial charge in [0.1, 0.15) is 0 Å². The van der Waals surface area contributed by atoms with Crippen molar-refractivity contribution < 1.29 is 9.53 Å². The minimum absolute atomic E-state index is 0.129. The summed E-state index contributed by atoms with van der Waals surface area (Å²) >= 11 is 11.9. The molecule has 0 unspecified atom stereocenters. The zero-order valence-corrected chi connectivity index (χ0v) is 12.3. The zero-order chi connectivity index (χ0) is 14.7. The maximum absolute atomic E-state index is 12.1. The maximum atomic E-state index is 12.1. The highest BCUT2D eigenvalue weighted by Gasteiger charge is 2.19. The van der Waals surface area contributed by atoms with Crippen molar-refractivity contribution in [2.75, 3.05) is 0 Å². The highest BCUT2D eigenvalue weighted by molar-refractivity contribution is 6.37. The van der Waals surface area contributed by atoms with E-state index in [0.717, 1.165) is 5.56 Å². The Hall–Kier alpha value is -1.45. The number of esters is 1. The molecule has 2 nitrogen and oxygen atoms in total. The van der Waals surface area contributed by atoms with Gasteiger partial charge in [-0.15, -0.1) is 0 Å². The van der Waals surface area contributed by atoms with Crippen LogP contribution in [0.15, 0.2) is 42.5 Å². The van der Waals surface area contributed by atoms with Gasteiger partial charge in [-0.05, 0) is 24.6 Å². The molecule has 20 heavy (non-hydrogen) atoms. The second-order valence-corrected chi connectivity index (χ2v) is 5.18. The molecular formula is C15H11BCl2O2. The highest BCUT2D eigenvalue weighted by Crippen LogP contribution is 2.33. The summed E-state index contributed by atoms with van der Waals surface area (Å²) in [6.07, 6.45) is 0. The molecule has 2 rings (SSSR count). The van der Waals surface area contributed by atoms with Gasteiger partial charge in [-0.25, -0.2) is 0 Å². The second kappa shape index (κ2) is 6.34. The normalized spacial score (nSPS) is 11.9. The molecular weight excluding hydrogens is 294 g/mol. The predicted molar refractivity (Wildman–Crippen MR) is 81.8 cm³/mol. The molecule has 2 aromatic rings. The van der Waals surface area contributed by atoms with Crippen LogP contribution in [0.3, 0.4) is 0 Å². The van der Waals surface area contributed by atoms with Gasteiger partial charge in [0.2, 0.25) is 0 Å². The fourth-order valence-corrected chi connectivity index (χ4v) is 2.22. The smallest absolute Gasteiger partial charge is 0.309 e. The Morgan fingerprint density at radius 2 is 1.75 bits per heavy atom. The summed E-state index contributed by atoms with van der Waals surface area (Å²) in [5.74, 6) is -1.36. The van der Waals surface area contributed by atoms with E-state index in [0.29, 0.717) is 5.56 Å². The van der Waals surface area contributed by atoms with Crippen LogP contribution in [0.1, 0.15) is 16.9 Å². The predicted octanol–water partition coefficient (Wildman–Crippen LogP) is 4.12. The van der Waals surface area contributed by atoms with Crippen LogP contribution in [0.5, 0.6) is 5.75 Å². The van der Waals surface area contributed by atoms with Crippen molar-refractivity contribution in [1.82, 2.24) is 0 Å². The fourth-order valence-electron chi connectivity index (χ4n) is 1.74. The summed E-state index contributed by atoms with van der Waals surface area (Å²) in [6.45, 7) is 1.92. The molecule has 1 atom stereocenters. The minimum atomic E-state index is -0.887. The van der Waals surface area contributed by atoms with Crippen LogP contribution < -0.4 is 4.74 Å². The summed E-state index contributed by atoms with van der Waals surface area (Å²) in [7, 11) is 5.89. The molecule has 0 saturated heterocycles. The van der Waals surface area contributed by atoms with E-state index < -0.39 is 11.8 Å². The molecule has 2 aromatic carbocycles. The molecule has 0 fully saturated rings. The lowest BCUT2D eigenvalue weighted by molar-refractivity contribution is -0.134. The number of ether oxygens (including phenoxy) is 1. The van der Waals surface area contributed by atoms with E-state index in [2.05, 4.69) is 0 Å². The van der Waals surface area contributed by atoms with Crippen molar-refractivity contribution in [3.05, 3.63) is 63.6 Å². The van der Waals surface area contributed by atoms with Gasteiger partial charge in [-0.3, -0.25) is 4.79 Å². The number of rotatable bonds is 3. The number of carbonyl (C=O) groups excluding carboxylic acids is 1. The molecule has 100 valence electrons. The van der Waals surface area contributed by atoms with Crippen LogP contribution in [0, 0.1) is 6.92 Å². The van der Waals surface area contributed by atoms with Gasteiger partial charge in [-0.1, -0.05) is 59.1 Å². The first-order chi connectivity index (χ1) is 9.49. The number of para-hydroxylation sites is 1. The van der Waals surface area contributed by atoms with E-state index in [1.54, 1.807) is 24.3 Å². The summed E-state index contributed by atoms with van der Waals surface area (Å²) < 4.78 is 5.20. The fraction of sp³-hybridized carbons (Fsp3) is 0.133. The summed E-state index contributed by atoms with van der Waals surface area (Å²) in [6, 6.07) is 12.2. The number of carbonyl (C=O) groups is 1. The Morgan fingerprint density at radius 1 is 1.15 bits per heavy atom. The van der Waals surface area contributed by atoms with Crippen molar-refractivity contribution >= 4 is 37.0 Å². The van der Waals surface area contributed by atoms with Crippen molar-refractivity contribution in [2.45, 2.75) is 12.7 Å². The number of aryl methyl sites for hydroxylation is 1. The van der Waals surface area contributed by atoms with E-state index in [1.165, 1.54) is 0 Å². The Labute approximate surface area is 129 Å². The van der Waals surface area contributed by atoms with Gasteiger partial charge in [-0.2, -0.15) is 0 Å². The summed E-state index contributed by atoms with van der Waals surface area (Å²) in [4.78, 5) is 12.1. The average molecular weight is 305 g/mol. The van der Waals surface area contributed by atoms with E-state index in [9.17, 15) is 4.79 Å². The van der Waals surface area contributed by atoms with Crippen molar-refractivity contribution in [3.8, 4) is 5.75 Å². The highest BCUT2D eigenvalue weighted by atomic mass is 35.5. The molecule has 0 aliphatic heterocycles. The van der Waals surface area contributed by atoms with Crippen LogP contribution in [0.25, 0.3) is 0 Å². The van der Waals surface area contributed by atoms with Crippen molar-refractivity contribution in [3.63, 3.8) is 0 Å². The molecule has 2 radical (unpaired) electrons. The lowest BCUT2D eigenvalue weighted by Gasteiger charge is -2.14. The zero-order valence-electron chi connectivity index (χ0n) is 10.8. The van der Waals surface area contributed by atoms with E-state index >= 15 is 0 Å². The van der Waals surface area contributed by atoms with Gasteiger partial charge < -0.3 is 4.74 Å². The minimum Gasteiger partial charge on any atom is -0.423 e. The first-order valence-corrected chi connectivity index (χ1v) is 6.72. The third kappa shape index (κ3) is 3.35. The molecule has 0 saturated carbocycles. The lowest BCUT2D eigenvalue weighted by Crippen LogP contribution is -2.19. The number of hydrogen-bond donors (Lipinski definition) is 0. The Kier molecular flexibility index (Phi) is 4.74. The van der Waals surface area contributed by atoms with Crippen LogP contribution in [0.2, 0.25) is 10.0 Å². The molecule has 0 N–H and O–H groups in total. The molecule has 0 aliphatic carbocycles. The van der Waals surface area contributed by atoms with Gasteiger partial charge in [0.05, 0.1) is 17.9 Å². The van der Waals surface area contributed by atoms with Gasteiger partial charge in [0, 0.05) is 5.82 Å².